The van der Waals surface area contributed by atoms with Gasteiger partial charge in [-0.15, -0.1) is 0 Å². The molecule has 0 aliphatic heterocycles. The summed E-state index contributed by atoms with van der Waals surface area (Å²) in [6, 6.07) is 4.87. The monoisotopic (exact) mass is 269 g/mol. The lowest BCUT2D eigenvalue weighted by atomic mass is 10.1. The van der Waals surface area contributed by atoms with Gasteiger partial charge in [-0.2, -0.15) is 4.36 Å². The molecule has 0 saturated heterocycles. The minimum absolute atomic E-state index is 0.139. The van der Waals surface area contributed by atoms with Crippen molar-refractivity contribution in [2.45, 2.75) is 13.8 Å². The first-order chi connectivity index (χ1) is 8.20. The number of benzene rings is 1. The maximum atomic E-state index is 11.9. The fourth-order valence-corrected chi connectivity index (χ4v) is 1.89. The second-order valence-corrected chi connectivity index (χ2v) is 6.66. The molecule has 0 radical (unpaired) electrons. The molecule has 5 nitrogen and oxygen atoms in total. The van der Waals surface area contributed by atoms with E-state index in [1.54, 1.807) is 19.1 Å². The average Bonchev–Trinajstić information content (AvgIpc) is 2.13. The molecule has 18 heavy (non-hydrogen) atoms. The number of carbonyl (C=O) groups excluding carboxylic acids is 2. The summed E-state index contributed by atoms with van der Waals surface area (Å²) in [5.41, 5.74) is 0.787. The number of nitrogens with zero attached hydrogens (tertiary/aromatic N) is 1. The zero-order chi connectivity index (χ0) is 13.9. The van der Waals surface area contributed by atoms with Gasteiger partial charge in [0.05, 0.1) is 5.56 Å². The number of hydrogen-bond donors (Lipinski definition) is 0. The summed E-state index contributed by atoms with van der Waals surface area (Å²) in [4.78, 5) is 22.9. The van der Waals surface area contributed by atoms with Gasteiger partial charge in [0.2, 0.25) is 0 Å². The highest BCUT2D eigenvalue weighted by Crippen LogP contribution is 2.23. The van der Waals surface area contributed by atoms with E-state index < -0.39 is 21.6 Å². The Hall–Kier alpha value is -1.69. The second kappa shape index (κ2) is 5.30. The van der Waals surface area contributed by atoms with E-state index in [0.29, 0.717) is 5.56 Å². The molecule has 0 spiro atoms. The SMILES string of the molecule is CC(=O)Oc1cccc(C)c1C(=O)N=S(C)(C)=O. The maximum absolute atomic E-state index is 11.9. The van der Waals surface area contributed by atoms with Gasteiger partial charge in [0, 0.05) is 29.2 Å². The predicted octanol–water partition coefficient (Wildman–Crippen LogP) is 1.79. The van der Waals surface area contributed by atoms with Gasteiger partial charge in [-0.3, -0.25) is 9.59 Å². The van der Waals surface area contributed by atoms with Crippen LogP contribution in [0.4, 0.5) is 0 Å². The number of ether oxygens (including phenoxy) is 1. The van der Waals surface area contributed by atoms with Crippen molar-refractivity contribution in [3.8, 4) is 5.75 Å². The number of amides is 1. The van der Waals surface area contributed by atoms with Crippen molar-refractivity contribution < 1.29 is 18.5 Å². The summed E-state index contributed by atoms with van der Waals surface area (Å²) in [6.07, 6.45) is 2.74. The topological polar surface area (TPSA) is 72.8 Å². The Balaban J connectivity index is 3.35. The van der Waals surface area contributed by atoms with Crippen molar-refractivity contribution in [1.82, 2.24) is 0 Å². The van der Waals surface area contributed by atoms with E-state index >= 15 is 0 Å². The Labute approximate surface area is 106 Å². The molecule has 0 saturated carbocycles. The van der Waals surface area contributed by atoms with Gasteiger partial charge in [0.25, 0.3) is 5.91 Å². The van der Waals surface area contributed by atoms with Crippen LogP contribution in [0.1, 0.15) is 22.8 Å². The molecule has 0 bridgehead atoms. The quantitative estimate of drug-likeness (QED) is 0.606. The van der Waals surface area contributed by atoms with Crippen LogP contribution in [0.3, 0.4) is 0 Å². The van der Waals surface area contributed by atoms with Gasteiger partial charge in [-0.1, -0.05) is 12.1 Å². The Morgan fingerprint density at radius 1 is 1.28 bits per heavy atom. The zero-order valence-corrected chi connectivity index (χ0v) is 11.5. The number of carbonyl (C=O) groups is 2. The molecule has 0 aromatic heterocycles. The number of hydrogen-bond acceptors (Lipinski definition) is 4. The van der Waals surface area contributed by atoms with E-state index in [9.17, 15) is 13.8 Å². The third-order valence-electron chi connectivity index (χ3n) is 2.00. The first kappa shape index (κ1) is 14.4. The molecule has 98 valence electrons. The summed E-state index contributed by atoms with van der Waals surface area (Å²) < 4.78 is 20.1. The molecule has 0 atom stereocenters. The van der Waals surface area contributed by atoms with Crippen LogP contribution in [0.2, 0.25) is 0 Å². The maximum Gasteiger partial charge on any atom is 0.308 e. The van der Waals surface area contributed by atoms with E-state index in [-0.39, 0.29) is 11.3 Å². The molecule has 0 heterocycles. The van der Waals surface area contributed by atoms with Gasteiger partial charge < -0.3 is 4.74 Å². The molecule has 1 aromatic rings. The lowest BCUT2D eigenvalue weighted by Crippen LogP contribution is -2.09. The first-order valence-corrected chi connectivity index (χ1v) is 7.53. The minimum Gasteiger partial charge on any atom is -0.426 e. The highest BCUT2D eigenvalue weighted by atomic mass is 32.2. The summed E-state index contributed by atoms with van der Waals surface area (Å²) in [5.74, 6) is -1.03. The standard InChI is InChI=1S/C12H15NO4S/c1-8-6-5-7-10(17-9(2)14)11(8)12(15)13-18(3,4)16/h5-7H,1-4H3. The molecule has 0 fully saturated rings. The Morgan fingerprint density at radius 3 is 2.39 bits per heavy atom. The largest absolute Gasteiger partial charge is 0.426 e. The van der Waals surface area contributed by atoms with E-state index in [4.69, 9.17) is 4.74 Å². The van der Waals surface area contributed by atoms with Gasteiger partial charge >= 0.3 is 5.97 Å². The Kier molecular flexibility index (Phi) is 4.24. The Morgan fingerprint density at radius 2 is 1.89 bits per heavy atom. The van der Waals surface area contributed by atoms with Crippen LogP contribution >= 0.6 is 0 Å². The fourth-order valence-electron chi connectivity index (χ4n) is 1.40. The van der Waals surface area contributed by atoms with E-state index in [0.717, 1.165) is 0 Å². The molecule has 1 rings (SSSR count). The van der Waals surface area contributed by atoms with Crippen LogP contribution < -0.4 is 4.74 Å². The van der Waals surface area contributed by atoms with Gasteiger partial charge in [0.1, 0.15) is 5.75 Å². The highest BCUT2D eigenvalue weighted by molar-refractivity contribution is 7.92. The first-order valence-electron chi connectivity index (χ1n) is 5.20. The average molecular weight is 269 g/mol. The molecular weight excluding hydrogens is 254 g/mol. The van der Waals surface area contributed by atoms with Gasteiger partial charge in [-0.05, 0) is 18.6 Å². The summed E-state index contributed by atoms with van der Waals surface area (Å²) in [6.45, 7) is 2.94. The lowest BCUT2D eigenvalue weighted by molar-refractivity contribution is -0.131. The van der Waals surface area contributed by atoms with Crippen molar-refractivity contribution in [2.75, 3.05) is 12.5 Å². The van der Waals surface area contributed by atoms with Gasteiger partial charge in [-0.25, -0.2) is 4.21 Å². The van der Waals surface area contributed by atoms with Crippen molar-refractivity contribution in [3.05, 3.63) is 29.3 Å². The van der Waals surface area contributed by atoms with Crippen LogP contribution in [-0.2, 0) is 14.5 Å². The zero-order valence-electron chi connectivity index (χ0n) is 10.7. The molecule has 1 aromatic carbocycles. The van der Waals surface area contributed by atoms with E-state index in [1.807, 2.05) is 0 Å². The lowest BCUT2D eigenvalue weighted by Gasteiger charge is -2.08. The second-order valence-electron chi connectivity index (χ2n) is 4.12. The minimum atomic E-state index is -2.55. The fraction of sp³-hybridized carbons (Fsp3) is 0.333. The van der Waals surface area contributed by atoms with E-state index in [1.165, 1.54) is 25.5 Å². The van der Waals surface area contributed by atoms with Crippen molar-refractivity contribution in [3.63, 3.8) is 0 Å². The van der Waals surface area contributed by atoms with Crippen LogP contribution in [0.15, 0.2) is 22.6 Å². The van der Waals surface area contributed by atoms with E-state index in [2.05, 4.69) is 4.36 Å². The van der Waals surface area contributed by atoms with Crippen molar-refractivity contribution >= 4 is 21.6 Å². The smallest absolute Gasteiger partial charge is 0.308 e. The molecule has 0 aliphatic rings. The molecule has 1 amide bonds. The van der Waals surface area contributed by atoms with Crippen molar-refractivity contribution in [1.29, 1.82) is 0 Å². The van der Waals surface area contributed by atoms with Crippen LogP contribution in [-0.4, -0.2) is 28.6 Å². The van der Waals surface area contributed by atoms with Gasteiger partial charge in [0.15, 0.2) is 0 Å². The molecule has 0 N–H and O–H groups in total. The predicted molar refractivity (Wildman–Crippen MR) is 69.2 cm³/mol. The molecule has 6 heteroatoms. The number of aryl methyl sites for hydroxylation is 1. The van der Waals surface area contributed by atoms with Crippen LogP contribution in [0, 0.1) is 6.92 Å². The number of esters is 1. The third kappa shape index (κ3) is 3.96. The highest BCUT2D eigenvalue weighted by Gasteiger charge is 2.17. The molecule has 0 unspecified atom stereocenters. The van der Waals surface area contributed by atoms with Crippen LogP contribution in [0.25, 0.3) is 0 Å². The summed E-state index contributed by atoms with van der Waals surface area (Å²) in [7, 11) is -2.55. The number of rotatable bonds is 2. The summed E-state index contributed by atoms with van der Waals surface area (Å²) in [5, 5.41) is 0. The van der Waals surface area contributed by atoms with Crippen LogP contribution in [0.5, 0.6) is 5.75 Å². The Bertz CT molecular complexity index is 605. The summed E-state index contributed by atoms with van der Waals surface area (Å²) >= 11 is 0. The molecule has 0 aliphatic carbocycles. The van der Waals surface area contributed by atoms with Crippen molar-refractivity contribution in [2.24, 2.45) is 4.36 Å². The third-order valence-corrected chi connectivity index (χ3v) is 2.61. The molecular formula is C12H15NO4S. The normalized spacial score (nSPS) is 10.9.